The van der Waals surface area contributed by atoms with Crippen LogP contribution in [0.4, 0.5) is 5.82 Å². The number of hydrogen-bond donors (Lipinski definition) is 0. The highest BCUT2D eigenvalue weighted by Crippen LogP contribution is 2.40. The van der Waals surface area contributed by atoms with Crippen LogP contribution < -0.4 is 4.74 Å². The summed E-state index contributed by atoms with van der Waals surface area (Å²) in [6.45, 7) is 1.12. The standard InChI is InChI=1S/C23H18N4O4/c28-23-16-6-2-1-5-15(16)22-21-17(9-10-24-22)19(8-7-18(21)23)31-12-4-3-11-26-13-20(25-14-26)27(29)30/h1-2,5-10,13-14H,3-4,11-12H2. The smallest absolute Gasteiger partial charge is 0.381 e. The van der Waals surface area contributed by atoms with Gasteiger partial charge in [0.1, 0.15) is 11.9 Å². The predicted molar refractivity (Wildman–Crippen MR) is 114 cm³/mol. The maximum Gasteiger partial charge on any atom is 0.381 e. The summed E-state index contributed by atoms with van der Waals surface area (Å²) in [6.07, 6.45) is 6.20. The number of aryl methyl sites for hydroxylation is 1. The first kappa shape index (κ1) is 18.9. The van der Waals surface area contributed by atoms with E-state index in [1.54, 1.807) is 10.8 Å². The monoisotopic (exact) mass is 414 g/mol. The maximum absolute atomic E-state index is 13.0. The average molecular weight is 414 g/mol. The van der Waals surface area contributed by atoms with Gasteiger partial charge in [-0.2, -0.15) is 0 Å². The Bertz CT molecular complexity index is 1330. The second-order valence-electron chi connectivity index (χ2n) is 7.35. The third-order valence-corrected chi connectivity index (χ3v) is 5.43. The van der Waals surface area contributed by atoms with Gasteiger partial charge in [0.05, 0.1) is 12.3 Å². The second-order valence-corrected chi connectivity index (χ2v) is 7.35. The lowest BCUT2D eigenvalue weighted by Gasteiger charge is -2.20. The fourth-order valence-electron chi connectivity index (χ4n) is 3.97. The molecule has 0 spiro atoms. The van der Waals surface area contributed by atoms with Gasteiger partial charge < -0.3 is 19.4 Å². The van der Waals surface area contributed by atoms with E-state index in [4.69, 9.17) is 4.74 Å². The highest BCUT2D eigenvalue weighted by atomic mass is 16.6. The van der Waals surface area contributed by atoms with Gasteiger partial charge in [0.15, 0.2) is 5.78 Å². The number of carbonyl (C=O) groups is 1. The number of carbonyl (C=O) groups excluding carboxylic acids is 1. The summed E-state index contributed by atoms with van der Waals surface area (Å²) in [5, 5.41) is 12.4. The van der Waals surface area contributed by atoms with E-state index in [2.05, 4.69) is 9.97 Å². The molecule has 2 heterocycles. The topological polar surface area (TPSA) is 100 Å². The Balaban J connectivity index is 1.32. The van der Waals surface area contributed by atoms with Crippen molar-refractivity contribution >= 4 is 22.4 Å². The Morgan fingerprint density at radius 3 is 2.65 bits per heavy atom. The number of aromatic nitrogens is 3. The van der Waals surface area contributed by atoms with Gasteiger partial charge in [-0.25, -0.2) is 0 Å². The minimum atomic E-state index is -0.504. The Labute approximate surface area is 177 Å². The van der Waals surface area contributed by atoms with Gasteiger partial charge in [0.2, 0.25) is 6.33 Å². The average Bonchev–Trinajstić information content (AvgIpc) is 3.27. The first-order chi connectivity index (χ1) is 15.1. The van der Waals surface area contributed by atoms with Gasteiger partial charge in [0, 0.05) is 40.2 Å². The van der Waals surface area contributed by atoms with Crippen LogP contribution >= 0.6 is 0 Å². The minimum absolute atomic E-state index is 0.00192. The lowest BCUT2D eigenvalue weighted by molar-refractivity contribution is -0.389. The number of rotatable bonds is 7. The molecule has 31 heavy (non-hydrogen) atoms. The van der Waals surface area contributed by atoms with Gasteiger partial charge >= 0.3 is 5.82 Å². The van der Waals surface area contributed by atoms with Crippen LogP contribution in [0.5, 0.6) is 5.75 Å². The number of imidazole rings is 1. The number of nitrogens with zero attached hydrogens (tertiary/aromatic N) is 4. The van der Waals surface area contributed by atoms with E-state index in [9.17, 15) is 14.9 Å². The van der Waals surface area contributed by atoms with Gasteiger partial charge in [0.25, 0.3) is 0 Å². The molecular weight excluding hydrogens is 396 g/mol. The first-order valence-corrected chi connectivity index (χ1v) is 9.98. The third kappa shape index (κ3) is 3.31. The van der Waals surface area contributed by atoms with Crippen molar-refractivity contribution in [3.05, 3.63) is 82.4 Å². The van der Waals surface area contributed by atoms with Crippen molar-refractivity contribution < 1.29 is 14.5 Å². The molecular formula is C23H18N4O4. The fourth-order valence-corrected chi connectivity index (χ4v) is 3.97. The summed E-state index contributed by atoms with van der Waals surface area (Å²) < 4.78 is 7.73. The molecule has 1 aliphatic carbocycles. The number of benzene rings is 2. The van der Waals surface area contributed by atoms with Crippen molar-refractivity contribution in [2.75, 3.05) is 6.61 Å². The molecule has 0 bridgehead atoms. The van der Waals surface area contributed by atoms with Crippen LogP contribution in [0.2, 0.25) is 0 Å². The lowest BCUT2D eigenvalue weighted by atomic mass is 9.85. The molecule has 0 aliphatic heterocycles. The van der Waals surface area contributed by atoms with E-state index in [1.165, 1.54) is 12.5 Å². The number of nitro groups is 1. The molecule has 1 aliphatic rings. The number of ketones is 1. The number of unbranched alkanes of at least 4 members (excludes halogenated alkanes) is 1. The molecule has 5 rings (SSSR count). The summed E-state index contributed by atoms with van der Waals surface area (Å²) in [6, 6.07) is 13.1. The molecule has 0 saturated heterocycles. The van der Waals surface area contributed by atoms with Crippen molar-refractivity contribution in [1.29, 1.82) is 0 Å². The number of hydrogen-bond acceptors (Lipinski definition) is 6. The summed E-state index contributed by atoms with van der Waals surface area (Å²) in [5.41, 5.74) is 2.96. The van der Waals surface area contributed by atoms with Crippen molar-refractivity contribution in [3.63, 3.8) is 0 Å². The van der Waals surface area contributed by atoms with Crippen LogP contribution in [0.15, 0.2) is 61.2 Å². The Morgan fingerprint density at radius 1 is 1.00 bits per heavy atom. The maximum atomic E-state index is 13.0. The summed E-state index contributed by atoms with van der Waals surface area (Å²) in [4.78, 5) is 31.5. The van der Waals surface area contributed by atoms with E-state index < -0.39 is 4.92 Å². The number of pyridine rings is 1. The molecule has 0 radical (unpaired) electrons. The summed E-state index contributed by atoms with van der Waals surface area (Å²) in [7, 11) is 0. The van der Waals surface area contributed by atoms with Gasteiger partial charge in [-0.15, -0.1) is 0 Å². The van der Waals surface area contributed by atoms with Crippen molar-refractivity contribution in [2.45, 2.75) is 19.4 Å². The number of ether oxygens (including phenoxy) is 1. The Morgan fingerprint density at radius 2 is 1.84 bits per heavy atom. The summed E-state index contributed by atoms with van der Waals surface area (Å²) >= 11 is 0. The normalized spacial score (nSPS) is 12.1. The fraction of sp³-hybridized carbons (Fsp3) is 0.174. The van der Waals surface area contributed by atoms with Crippen LogP contribution in [0.3, 0.4) is 0 Å². The van der Waals surface area contributed by atoms with Crippen LogP contribution in [0.1, 0.15) is 28.8 Å². The van der Waals surface area contributed by atoms with Crippen LogP contribution in [-0.2, 0) is 6.54 Å². The molecule has 4 aromatic rings. The summed E-state index contributed by atoms with van der Waals surface area (Å²) in [5.74, 6) is 0.569. The van der Waals surface area contributed by atoms with Crippen molar-refractivity contribution in [2.24, 2.45) is 0 Å². The molecule has 0 N–H and O–H groups in total. The minimum Gasteiger partial charge on any atom is -0.493 e. The molecule has 2 aromatic heterocycles. The lowest BCUT2D eigenvalue weighted by Crippen LogP contribution is -2.11. The molecule has 0 saturated carbocycles. The third-order valence-electron chi connectivity index (χ3n) is 5.43. The highest BCUT2D eigenvalue weighted by molar-refractivity contribution is 6.25. The molecule has 0 atom stereocenters. The van der Waals surface area contributed by atoms with E-state index >= 15 is 0 Å². The Kier molecular flexibility index (Phi) is 4.66. The molecule has 0 fully saturated rings. The van der Waals surface area contributed by atoms with Crippen LogP contribution in [-0.4, -0.2) is 31.8 Å². The van der Waals surface area contributed by atoms with Gasteiger partial charge in [-0.3, -0.25) is 9.78 Å². The van der Waals surface area contributed by atoms with E-state index in [1.807, 2.05) is 42.5 Å². The van der Waals surface area contributed by atoms with Crippen molar-refractivity contribution in [1.82, 2.24) is 14.5 Å². The molecule has 154 valence electrons. The first-order valence-electron chi connectivity index (χ1n) is 9.98. The molecule has 8 heteroatoms. The highest BCUT2D eigenvalue weighted by Gasteiger charge is 2.26. The zero-order chi connectivity index (χ0) is 21.4. The second kappa shape index (κ2) is 7.64. The molecule has 2 aromatic carbocycles. The predicted octanol–water partition coefficient (Wildman–Crippen LogP) is 4.41. The molecule has 0 amide bonds. The van der Waals surface area contributed by atoms with Gasteiger partial charge in [-0.05, 0) is 40.9 Å². The zero-order valence-corrected chi connectivity index (χ0v) is 16.5. The van der Waals surface area contributed by atoms with Crippen LogP contribution in [0, 0.1) is 10.1 Å². The van der Waals surface area contributed by atoms with Crippen LogP contribution in [0.25, 0.3) is 22.0 Å². The molecule has 8 nitrogen and oxygen atoms in total. The molecule has 0 unspecified atom stereocenters. The largest absolute Gasteiger partial charge is 0.493 e. The zero-order valence-electron chi connectivity index (χ0n) is 16.5. The van der Waals surface area contributed by atoms with Crippen molar-refractivity contribution in [3.8, 4) is 17.0 Å². The van der Waals surface area contributed by atoms with E-state index in [0.29, 0.717) is 30.0 Å². The number of fused-ring (bicyclic) bond motifs is 2. The van der Waals surface area contributed by atoms with E-state index in [-0.39, 0.29) is 11.6 Å². The van der Waals surface area contributed by atoms with Gasteiger partial charge in [-0.1, -0.05) is 24.3 Å². The Hall–Kier alpha value is -4.07. The quantitative estimate of drug-likeness (QED) is 0.222. The van der Waals surface area contributed by atoms with E-state index in [0.717, 1.165) is 34.9 Å². The SMILES string of the molecule is O=C1c2ccccc2-c2nccc3c(OCCCCn4cnc([N+](=O)[O-])c4)ccc1c23.